The first-order valence-electron chi connectivity index (χ1n) is 4.02. The molecule has 0 aliphatic carbocycles. The first kappa shape index (κ1) is 10.3. The Morgan fingerprint density at radius 3 is 2.54 bits per heavy atom. The van der Waals surface area contributed by atoms with E-state index in [1.807, 2.05) is 20.8 Å². The van der Waals surface area contributed by atoms with E-state index in [1.54, 1.807) is 0 Å². The van der Waals surface area contributed by atoms with Crippen LogP contribution in [0.25, 0.3) is 0 Å². The van der Waals surface area contributed by atoms with Crippen molar-refractivity contribution in [1.82, 2.24) is 4.72 Å². The van der Waals surface area contributed by atoms with Crippen molar-refractivity contribution in [3.63, 3.8) is 0 Å². The summed E-state index contributed by atoms with van der Waals surface area (Å²) in [5.74, 6) is 0.0317. The van der Waals surface area contributed by atoms with Crippen molar-refractivity contribution in [2.24, 2.45) is 4.99 Å². The van der Waals surface area contributed by atoms with Gasteiger partial charge in [-0.2, -0.15) is 0 Å². The minimum Gasteiger partial charge on any atom is -0.459 e. The molecule has 13 heavy (non-hydrogen) atoms. The number of sulfonamides is 1. The Balaban J connectivity index is 2.68. The highest BCUT2D eigenvalue weighted by Gasteiger charge is 2.22. The number of amidine groups is 1. The molecule has 0 amide bonds. The van der Waals surface area contributed by atoms with Gasteiger partial charge in [0.15, 0.2) is 0 Å². The lowest BCUT2D eigenvalue weighted by Gasteiger charge is -2.24. The van der Waals surface area contributed by atoms with Crippen LogP contribution in [0.2, 0.25) is 0 Å². The molecule has 76 valence electrons. The smallest absolute Gasteiger partial charge is 0.299 e. The number of hydrogen-bond donors (Lipinski definition) is 1. The van der Waals surface area contributed by atoms with E-state index >= 15 is 0 Å². The fraction of sp³-hybridized carbons (Fsp3) is 0.857. The molecule has 0 unspecified atom stereocenters. The van der Waals surface area contributed by atoms with Gasteiger partial charge in [-0.25, -0.2) is 18.1 Å². The summed E-state index contributed by atoms with van der Waals surface area (Å²) in [7, 11) is -3.21. The largest absolute Gasteiger partial charge is 0.459 e. The molecular weight excluding hydrogens is 192 g/mol. The number of aliphatic imine (C=N–C) groups is 1. The molecule has 0 aromatic heterocycles. The van der Waals surface area contributed by atoms with Crippen molar-refractivity contribution < 1.29 is 13.2 Å². The van der Waals surface area contributed by atoms with Gasteiger partial charge in [0.05, 0.1) is 12.3 Å². The van der Waals surface area contributed by atoms with E-state index in [4.69, 9.17) is 4.74 Å². The number of hydrogen-bond acceptors (Lipinski definition) is 4. The number of ether oxygens (including phenoxy) is 1. The molecule has 0 saturated heterocycles. The molecule has 6 heteroatoms. The van der Waals surface area contributed by atoms with Crippen LogP contribution in [0.1, 0.15) is 20.8 Å². The molecular formula is C7H14N2O3S. The lowest BCUT2D eigenvalue weighted by Crippen LogP contribution is -2.42. The minimum absolute atomic E-state index is 0.0317. The van der Waals surface area contributed by atoms with Crippen LogP contribution in [0.15, 0.2) is 4.99 Å². The molecule has 1 heterocycles. The summed E-state index contributed by atoms with van der Waals surface area (Å²) in [6.07, 6.45) is 0. The Morgan fingerprint density at radius 1 is 1.46 bits per heavy atom. The molecule has 0 atom stereocenters. The maximum Gasteiger partial charge on any atom is 0.299 e. The maximum absolute atomic E-state index is 11.1. The van der Waals surface area contributed by atoms with Gasteiger partial charge in [-0.15, -0.1) is 0 Å². The van der Waals surface area contributed by atoms with Crippen molar-refractivity contribution in [3.05, 3.63) is 0 Å². The third kappa shape index (κ3) is 3.63. The van der Waals surface area contributed by atoms with E-state index in [0.717, 1.165) is 0 Å². The predicted molar refractivity (Wildman–Crippen MR) is 50.1 cm³/mol. The van der Waals surface area contributed by atoms with Crippen LogP contribution >= 0.6 is 0 Å². The fourth-order valence-corrected chi connectivity index (χ4v) is 1.63. The molecule has 0 aromatic carbocycles. The quantitative estimate of drug-likeness (QED) is 0.610. The van der Waals surface area contributed by atoms with Crippen molar-refractivity contribution in [3.8, 4) is 0 Å². The average molecular weight is 206 g/mol. The van der Waals surface area contributed by atoms with Crippen LogP contribution < -0.4 is 4.72 Å². The highest BCUT2D eigenvalue weighted by molar-refractivity contribution is 7.90. The fourth-order valence-electron chi connectivity index (χ4n) is 0.827. The van der Waals surface area contributed by atoms with Gasteiger partial charge >= 0.3 is 0 Å². The van der Waals surface area contributed by atoms with E-state index in [0.29, 0.717) is 0 Å². The normalized spacial score (nSPS) is 21.6. The van der Waals surface area contributed by atoms with Gasteiger partial charge in [0.25, 0.3) is 6.02 Å². The highest BCUT2D eigenvalue weighted by atomic mass is 32.2. The minimum atomic E-state index is -3.21. The van der Waals surface area contributed by atoms with E-state index in [2.05, 4.69) is 9.71 Å². The molecule has 1 aliphatic heterocycles. The van der Waals surface area contributed by atoms with Crippen LogP contribution in [0.3, 0.4) is 0 Å². The summed E-state index contributed by atoms with van der Waals surface area (Å²) in [4.78, 5) is 3.91. The van der Waals surface area contributed by atoms with Crippen molar-refractivity contribution in [2.75, 3.05) is 12.3 Å². The average Bonchev–Trinajstić information content (AvgIpc) is 1.79. The second kappa shape index (κ2) is 3.17. The first-order chi connectivity index (χ1) is 5.79. The third-order valence-electron chi connectivity index (χ3n) is 1.26. The molecule has 0 spiro atoms. The molecule has 0 bridgehead atoms. The number of nitrogens with zero attached hydrogens (tertiary/aromatic N) is 1. The second-order valence-corrected chi connectivity index (χ2v) is 5.66. The van der Waals surface area contributed by atoms with E-state index < -0.39 is 15.6 Å². The van der Waals surface area contributed by atoms with Crippen molar-refractivity contribution in [2.45, 2.75) is 26.4 Å². The van der Waals surface area contributed by atoms with Crippen LogP contribution in [0, 0.1) is 0 Å². The van der Waals surface area contributed by atoms with E-state index in [1.165, 1.54) is 0 Å². The summed E-state index contributed by atoms with van der Waals surface area (Å²) >= 11 is 0. The number of rotatable bonds is 0. The monoisotopic (exact) mass is 206 g/mol. The van der Waals surface area contributed by atoms with Crippen molar-refractivity contribution >= 4 is 16.0 Å². The molecule has 5 nitrogen and oxygen atoms in total. The van der Waals surface area contributed by atoms with Crippen LogP contribution in [-0.2, 0) is 14.8 Å². The molecule has 0 radical (unpaired) electrons. The Kier molecular flexibility index (Phi) is 2.51. The Bertz CT molecular complexity index is 313. The predicted octanol–water partition coefficient (Wildman–Crippen LogP) is 0.0905. The van der Waals surface area contributed by atoms with Crippen LogP contribution in [0.4, 0.5) is 0 Å². The van der Waals surface area contributed by atoms with Gasteiger partial charge < -0.3 is 4.74 Å². The van der Waals surface area contributed by atoms with Crippen LogP contribution in [-0.4, -0.2) is 32.3 Å². The zero-order valence-electron chi connectivity index (χ0n) is 7.99. The second-order valence-electron chi connectivity index (χ2n) is 3.82. The van der Waals surface area contributed by atoms with E-state index in [9.17, 15) is 8.42 Å². The Hall–Kier alpha value is -0.780. The summed E-state index contributed by atoms with van der Waals surface area (Å²) in [6, 6.07) is 0.0961. The van der Waals surface area contributed by atoms with Crippen molar-refractivity contribution in [1.29, 1.82) is 0 Å². The van der Waals surface area contributed by atoms with Gasteiger partial charge in [-0.05, 0) is 20.8 Å². The molecule has 0 saturated carbocycles. The Morgan fingerprint density at radius 2 is 2.08 bits per heavy atom. The summed E-state index contributed by atoms with van der Waals surface area (Å²) in [6.45, 7) is 5.76. The van der Waals surface area contributed by atoms with E-state index in [-0.39, 0.29) is 18.3 Å². The third-order valence-corrected chi connectivity index (χ3v) is 2.47. The summed E-state index contributed by atoms with van der Waals surface area (Å²) in [5.41, 5.74) is -0.432. The SMILES string of the molecule is CC(C)(C)OC1=NCCS(=O)(=O)N1. The van der Waals surface area contributed by atoms with Gasteiger partial charge in [0, 0.05) is 0 Å². The zero-order valence-corrected chi connectivity index (χ0v) is 8.81. The van der Waals surface area contributed by atoms with Gasteiger partial charge in [0.2, 0.25) is 10.0 Å². The highest BCUT2D eigenvalue weighted by Crippen LogP contribution is 2.08. The molecule has 0 fully saturated rings. The molecule has 1 aliphatic rings. The maximum atomic E-state index is 11.1. The summed E-state index contributed by atoms with van der Waals surface area (Å²) < 4.78 is 29.7. The van der Waals surface area contributed by atoms with Gasteiger partial charge in [-0.1, -0.05) is 0 Å². The summed E-state index contributed by atoms with van der Waals surface area (Å²) in [5, 5.41) is 0. The topological polar surface area (TPSA) is 67.8 Å². The molecule has 1 N–H and O–H groups in total. The zero-order chi connectivity index (χ0) is 10.1. The Labute approximate surface area is 78.2 Å². The standard InChI is InChI=1S/C7H14N2O3S/c1-7(2,3)12-6-8-4-5-13(10,11)9-6/h4-5H2,1-3H3,(H,8,9). The number of nitrogens with one attached hydrogen (secondary N) is 1. The first-order valence-corrected chi connectivity index (χ1v) is 5.68. The lowest BCUT2D eigenvalue weighted by atomic mass is 10.2. The molecule has 1 rings (SSSR count). The lowest BCUT2D eigenvalue weighted by molar-refractivity contribution is 0.111. The van der Waals surface area contributed by atoms with Gasteiger partial charge in [0.1, 0.15) is 5.60 Å². The molecule has 0 aromatic rings. The van der Waals surface area contributed by atoms with Gasteiger partial charge in [-0.3, -0.25) is 0 Å². The van der Waals surface area contributed by atoms with Crippen LogP contribution in [0.5, 0.6) is 0 Å².